The number of benzene rings is 1. The average molecular weight is 182 g/mol. The van der Waals surface area contributed by atoms with Crippen molar-refractivity contribution in [1.82, 2.24) is 0 Å². The first-order valence-corrected chi connectivity index (χ1v) is 4.49. The van der Waals surface area contributed by atoms with Crippen LogP contribution in [0.2, 0.25) is 0 Å². The highest BCUT2D eigenvalue weighted by atomic mass is 19.1. The van der Waals surface area contributed by atoms with Gasteiger partial charge >= 0.3 is 0 Å². The third-order valence-electron chi connectivity index (χ3n) is 1.99. The number of ether oxygens (including phenoxy) is 1. The Morgan fingerprint density at radius 2 is 1.92 bits per heavy atom. The van der Waals surface area contributed by atoms with Crippen molar-refractivity contribution in [3.8, 4) is 5.75 Å². The minimum atomic E-state index is -0.720. The van der Waals surface area contributed by atoms with Gasteiger partial charge in [-0.1, -0.05) is 12.1 Å². The van der Waals surface area contributed by atoms with Crippen molar-refractivity contribution in [2.45, 2.75) is 25.9 Å². The van der Waals surface area contributed by atoms with E-state index in [4.69, 9.17) is 4.74 Å². The van der Waals surface area contributed by atoms with Crippen LogP contribution in [0.15, 0.2) is 24.3 Å². The highest BCUT2D eigenvalue weighted by Crippen LogP contribution is 2.13. The molecule has 2 heteroatoms. The van der Waals surface area contributed by atoms with Gasteiger partial charge in [-0.2, -0.15) is 0 Å². The molecule has 0 aromatic heterocycles. The van der Waals surface area contributed by atoms with Crippen LogP contribution >= 0.6 is 0 Å². The summed E-state index contributed by atoms with van der Waals surface area (Å²) in [5.41, 5.74) is 1.16. The third kappa shape index (κ3) is 3.45. The molecule has 0 amide bonds. The summed E-state index contributed by atoms with van der Waals surface area (Å²) in [6, 6.07) is 7.75. The molecule has 0 aliphatic heterocycles. The van der Waals surface area contributed by atoms with Crippen LogP contribution < -0.4 is 4.74 Å². The predicted molar refractivity (Wildman–Crippen MR) is 51.9 cm³/mol. The van der Waals surface area contributed by atoms with E-state index in [0.29, 0.717) is 6.42 Å². The van der Waals surface area contributed by atoms with Gasteiger partial charge in [0.2, 0.25) is 0 Å². The number of hydrogen-bond donors (Lipinski definition) is 0. The quantitative estimate of drug-likeness (QED) is 0.695. The smallest absolute Gasteiger partial charge is 0.118 e. The number of rotatable bonds is 4. The van der Waals surface area contributed by atoms with Crippen LogP contribution in [0.3, 0.4) is 0 Å². The zero-order chi connectivity index (χ0) is 9.68. The molecule has 0 heterocycles. The Bertz CT molecular complexity index is 241. The molecule has 1 rings (SSSR count). The average Bonchev–Trinajstić information content (AvgIpc) is 2.15. The number of alkyl halides is 1. The Hall–Kier alpha value is -1.05. The SMILES string of the molecule is COc1ccc(CCC(C)F)cc1. The van der Waals surface area contributed by atoms with Gasteiger partial charge in [0.1, 0.15) is 5.75 Å². The molecular weight excluding hydrogens is 167 g/mol. The molecule has 0 spiro atoms. The predicted octanol–water partition coefficient (Wildman–Crippen LogP) is 2.99. The van der Waals surface area contributed by atoms with Gasteiger partial charge in [-0.05, 0) is 37.5 Å². The maximum Gasteiger partial charge on any atom is 0.118 e. The summed E-state index contributed by atoms with van der Waals surface area (Å²) in [6.07, 6.45) is 0.663. The Kier molecular flexibility index (Phi) is 3.74. The molecule has 1 atom stereocenters. The van der Waals surface area contributed by atoms with Gasteiger partial charge in [0.25, 0.3) is 0 Å². The van der Waals surface area contributed by atoms with E-state index in [0.717, 1.165) is 17.7 Å². The Morgan fingerprint density at radius 1 is 1.31 bits per heavy atom. The highest BCUT2D eigenvalue weighted by molar-refractivity contribution is 5.27. The maximum atomic E-state index is 12.5. The fourth-order valence-electron chi connectivity index (χ4n) is 1.16. The van der Waals surface area contributed by atoms with Crippen molar-refractivity contribution < 1.29 is 9.13 Å². The second-order valence-electron chi connectivity index (χ2n) is 3.17. The first-order valence-electron chi connectivity index (χ1n) is 4.49. The van der Waals surface area contributed by atoms with E-state index in [2.05, 4.69) is 0 Å². The second kappa shape index (κ2) is 4.85. The lowest BCUT2D eigenvalue weighted by molar-refractivity contribution is 0.341. The van der Waals surface area contributed by atoms with Crippen molar-refractivity contribution in [2.24, 2.45) is 0 Å². The van der Waals surface area contributed by atoms with E-state index < -0.39 is 6.17 Å². The number of aryl methyl sites for hydroxylation is 1. The summed E-state index contributed by atoms with van der Waals surface area (Å²) in [5, 5.41) is 0. The first-order chi connectivity index (χ1) is 6.22. The van der Waals surface area contributed by atoms with Gasteiger partial charge in [-0.15, -0.1) is 0 Å². The fourth-order valence-corrected chi connectivity index (χ4v) is 1.16. The van der Waals surface area contributed by atoms with Crippen LogP contribution in [-0.2, 0) is 6.42 Å². The van der Waals surface area contributed by atoms with Crippen molar-refractivity contribution in [3.05, 3.63) is 29.8 Å². The third-order valence-corrected chi connectivity index (χ3v) is 1.99. The van der Waals surface area contributed by atoms with Gasteiger partial charge in [0, 0.05) is 0 Å². The van der Waals surface area contributed by atoms with Crippen LogP contribution in [0.1, 0.15) is 18.9 Å². The van der Waals surface area contributed by atoms with Gasteiger partial charge in [-0.3, -0.25) is 0 Å². The maximum absolute atomic E-state index is 12.5. The molecule has 0 fully saturated rings. The lowest BCUT2D eigenvalue weighted by Gasteiger charge is -2.03. The second-order valence-corrected chi connectivity index (χ2v) is 3.17. The number of hydrogen-bond acceptors (Lipinski definition) is 1. The van der Waals surface area contributed by atoms with Gasteiger partial charge in [-0.25, -0.2) is 4.39 Å². The summed E-state index contributed by atoms with van der Waals surface area (Å²) in [7, 11) is 1.64. The Morgan fingerprint density at radius 3 is 2.38 bits per heavy atom. The minimum Gasteiger partial charge on any atom is -0.497 e. The van der Waals surface area contributed by atoms with E-state index in [1.165, 1.54) is 0 Å². The lowest BCUT2D eigenvalue weighted by Crippen LogP contribution is -1.95. The van der Waals surface area contributed by atoms with E-state index in [9.17, 15) is 4.39 Å². The summed E-state index contributed by atoms with van der Waals surface area (Å²) in [6.45, 7) is 1.59. The van der Waals surface area contributed by atoms with E-state index >= 15 is 0 Å². The topological polar surface area (TPSA) is 9.23 Å². The summed E-state index contributed by atoms with van der Waals surface area (Å²) in [5.74, 6) is 0.844. The summed E-state index contributed by atoms with van der Waals surface area (Å²) >= 11 is 0. The van der Waals surface area contributed by atoms with Crippen molar-refractivity contribution in [2.75, 3.05) is 7.11 Å². The summed E-state index contributed by atoms with van der Waals surface area (Å²) < 4.78 is 17.5. The van der Waals surface area contributed by atoms with Crippen LogP contribution in [-0.4, -0.2) is 13.3 Å². The van der Waals surface area contributed by atoms with Crippen LogP contribution in [0.4, 0.5) is 4.39 Å². The molecule has 1 unspecified atom stereocenters. The van der Waals surface area contributed by atoms with Gasteiger partial charge in [0.05, 0.1) is 13.3 Å². The standard InChI is InChI=1S/C11H15FO/c1-9(12)3-4-10-5-7-11(13-2)8-6-10/h5-9H,3-4H2,1-2H3. The Labute approximate surface area is 78.5 Å². The molecule has 0 saturated carbocycles. The largest absolute Gasteiger partial charge is 0.497 e. The fraction of sp³-hybridized carbons (Fsp3) is 0.455. The number of methoxy groups -OCH3 is 1. The molecule has 0 aliphatic rings. The first kappa shape index (κ1) is 10.0. The van der Waals surface area contributed by atoms with Gasteiger partial charge in [0.15, 0.2) is 0 Å². The normalized spacial score (nSPS) is 12.5. The number of halogens is 1. The minimum absolute atomic E-state index is 0.590. The zero-order valence-electron chi connectivity index (χ0n) is 8.09. The van der Waals surface area contributed by atoms with Crippen LogP contribution in [0, 0.1) is 0 Å². The molecule has 0 bridgehead atoms. The molecule has 1 nitrogen and oxygen atoms in total. The van der Waals surface area contributed by atoms with E-state index in [-0.39, 0.29) is 0 Å². The molecule has 0 saturated heterocycles. The molecule has 0 N–H and O–H groups in total. The van der Waals surface area contributed by atoms with E-state index in [1.54, 1.807) is 14.0 Å². The van der Waals surface area contributed by atoms with Crippen LogP contribution in [0.25, 0.3) is 0 Å². The van der Waals surface area contributed by atoms with Gasteiger partial charge < -0.3 is 4.74 Å². The Balaban J connectivity index is 2.49. The van der Waals surface area contributed by atoms with Crippen molar-refractivity contribution in [3.63, 3.8) is 0 Å². The van der Waals surface area contributed by atoms with Crippen LogP contribution in [0.5, 0.6) is 5.75 Å². The molecular formula is C11H15FO. The van der Waals surface area contributed by atoms with Crippen molar-refractivity contribution in [1.29, 1.82) is 0 Å². The highest BCUT2D eigenvalue weighted by Gasteiger charge is 1.99. The monoisotopic (exact) mass is 182 g/mol. The lowest BCUT2D eigenvalue weighted by atomic mass is 10.1. The zero-order valence-corrected chi connectivity index (χ0v) is 8.09. The molecule has 1 aromatic rings. The van der Waals surface area contributed by atoms with Crippen molar-refractivity contribution >= 4 is 0 Å². The molecule has 72 valence electrons. The van der Waals surface area contributed by atoms with E-state index in [1.807, 2.05) is 24.3 Å². The molecule has 1 aromatic carbocycles. The molecule has 13 heavy (non-hydrogen) atoms. The summed E-state index contributed by atoms with van der Waals surface area (Å²) in [4.78, 5) is 0. The molecule has 0 aliphatic carbocycles. The molecule has 0 radical (unpaired) electrons.